The smallest absolute Gasteiger partial charge is 0.266 e. The lowest BCUT2D eigenvalue weighted by atomic mass is 10.0. The number of carbonyl (C=O) groups is 2. The summed E-state index contributed by atoms with van der Waals surface area (Å²) in [5, 5.41) is 12.3. The minimum Gasteiger partial charge on any atom is -0.508 e. The zero-order valence-electron chi connectivity index (χ0n) is 16.9. The fourth-order valence-corrected chi connectivity index (χ4v) is 4.57. The van der Waals surface area contributed by atoms with Gasteiger partial charge in [0.2, 0.25) is 5.91 Å². The fourth-order valence-electron chi connectivity index (χ4n) is 3.24. The van der Waals surface area contributed by atoms with E-state index in [-0.39, 0.29) is 23.5 Å². The van der Waals surface area contributed by atoms with Gasteiger partial charge in [0.05, 0.1) is 4.91 Å². The molecule has 2 aromatic carbocycles. The molecule has 2 aromatic rings. The summed E-state index contributed by atoms with van der Waals surface area (Å²) in [4.78, 5) is 27.9. The van der Waals surface area contributed by atoms with Crippen molar-refractivity contribution in [2.45, 2.75) is 26.3 Å². The largest absolute Gasteiger partial charge is 0.508 e. The van der Waals surface area contributed by atoms with E-state index in [0.29, 0.717) is 22.2 Å². The standard InChI is InChI=1S/C23H24N2O3S2/c1-15(2)20(21(27)24-13-12-16-8-10-18(26)11-9-16)25-22(28)19(30-23(25)29)14-17-6-4-3-5-7-17/h3-11,14-15,20,26H,12-13H2,1-2H3,(H,24,27)/b19-14-. The fraction of sp³-hybridized carbons (Fsp3) is 0.261. The summed E-state index contributed by atoms with van der Waals surface area (Å²) < 4.78 is 0.398. The van der Waals surface area contributed by atoms with Crippen LogP contribution in [0.2, 0.25) is 0 Å². The summed E-state index contributed by atoms with van der Waals surface area (Å²) in [6.45, 7) is 4.24. The molecule has 156 valence electrons. The lowest BCUT2D eigenvalue weighted by molar-refractivity contribution is -0.134. The van der Waals surface area contributed by atoms with Gasteiger partial charge in [-0.25, -0.2) is 0 Å². The summed E-state index contributed by atoms with van der Waals surface area (Å²) in [5.74, 6) is -0.347. The van der Waals surface area contributed by atoms with Crippen LogP contribution in [-0.4, -0.2) is 38.7 Å². The molecule has 0 saturated carbocycles. The number of hydrogen-bond donors (Lipinski definition) is 2. The number of benzene rings is 2. The molecule has 1 aliphatic heterocycles. The number of rotatable bonds is 7. The molecule has 0 bridgehead atoms. The minimum absolute atomic E-state index is 0.0998. The lowest BCUT2D eigenvalue weighted by Crippen LogP contribution is -2.51. The maximum atomic E-state index is 13.0. The first-order valence-corrected chi connectivity index (χ1v) is 11.0. The van der Waals surface area contributed by atoms with Crippen LogP contribution in [0.4, 0.5) is 0 Å². The average molecular weight is 441 g/mol. The second kappa shape index (κ2) is 9.91. The number of phenolic OH excluding ortho intramolecular Hbond substituents is 1. The Balaban J connectivity index is 1.69. The Morgan fingerprint density at radius 2 is 1.83 bits per heavy atom. The highest BCUT2D eigenvalue weighted by atomic mass is 32.2. The van der Waals surface area contributed by atoms with Gasteiger partial charge < -0.3 is 10.4 Å². The van der Waals surface area contributed by atoms with Crippen LogP contribution < -0.4 is 5.32 Å². The van der Waals surface area contributed by atoms with Gasteiger partial charge in [-0.05, 0) is 41.7 Å². The summed E-state index contributed by atoms with van der Waals surface area (Å²) in [5.41, 5.74) is 1.92. The predicted molar refractivity (Wildman–Crippen MR) is 125 cm³/mol. The predicted octanol–water partition coefficient (Wildman–Crippen LogP) is 3.98. The first kappa shape index (κ1) is 22.1. The molecule has 0 radical (unpaired) electrons. The van der Waals surface area contributed by atoms with Crippen LogP contribution in [0.5, 0.6) is 5.75 Å². The van der Waals surface area contributed by atoms with Gasteiger partial charge in [-0.1, -0.05) is 80.3 Å². The molecule has 1 saturated heterocycles. The first-order valence-electron chi connectivity index (χ1n) is 9.74. The van der Waals surface area contributed by atoms with Crippen molar-refractivity contribution in [3.63, 3.8) is 0 Å². The molecule has 0 spiro atoms. The van der Waals surface area contributed by atoms with E-state index < -0.39 is 6.04 Å². The van der Waals surface area contributed by atoms with Crippen molar-refractivity contribution in [3.05, 3.63) is 70.6 Å². The maximum Gasteiger partial charge on any atom is 0.266 e. The van der Waals surface area contributed by atoms with Gasteiger partial charge in [0, 0.05) is 6.54 Å². The van der Waals surface area contributed by atoms with E-state index in [1.54, 1.807) is 18.2 Å². The van der Waals surface area contributed by atoms with Gasteiger partial charge in [-0.2, -0.15) is 0 Å². The normalized spacial score (nSPS) is 16.4. The van der Waals surface area contributed by atoms with Crippen LogP contribution in [0.3, 0.4) is 0 Å². The number of thioether (sulfide) groups is 1. The Hall–Kier alpha value is -2.64. The van der Waals surface area contributed by atoms with E-state index >= 15 is 0 Å². The van der Waals surface area contributed by atoms with Gasteiger partial charge in [0.15, 0.2) is 0 Å². The van der Waals surface area contributed by atoms with Gasteiger partial charge in [-0.3, -0.25) is 14.5 Å². The van der Waals surface area contributed by atoms with Crippen molar-refractivity contribution in [3.8, 4) is 5.75 Å². The Kier molecular flexibility index (Phi) is 7.29. The third-order valence-corrected chi connectivity index (χ3v) is 6.08. The van der Waals surface area contributed by atoms with Gasteiger partial charge >= 0.3 is 0 Å². The zero-order chi connectivity index (χ0) is 21.7. The number of thiocarbonyl (C=S) groups is 1. The zero-order valence-corrected chi connectivity index (χ0v) is 18.5. The molecule has 0 aliphatic carbocycles. The Morgan fingerprint density at radius 3 is 2.47 bits per heavy atom. The van der Waals surface area contributed by atoms with E-state index in [2.05, 4.69) is 5.32 Å². The van der Waals surface area contributed by atoms with E-state index in [0.717, 1.165) is 11.1 Å². The Bertz CT molecular complexity index is 956. The van der Waals surface area contributed by atoms with Crippen LogP contribution in [0.15, 0.2) is 59.5 Å². The molecule has 2 N–H and O–H groups in total. The van der Waals surface area contributed by atoms with Crippen molar-refractivity contribution in [1.82, 2.24) is 10.2 Å². The second-order valence-corrected chi connectivity index (χ2v) is 9.03. The third kappa shape index (κ3) is 5.29. The SMILES string of the molecule is CC(C)C(C(=O)NCCc1ccc(O)cc1)N1C(=O)/C(=C/c2ccccc2)SC1=S. The second-order valence-electron chi connectivity index (χ2n) is 7.36. The van der Waals surface area contributed by atoms with E-state index in [1.807, 2.05) is 56.3 Å². The highest BCUT2D eigenvalue weighted by Crippen LogP contribution is 2.35. The van der Waals surface area contributed by atoms with Crippen molar-refractivity contribution < 1.29 is 14.7 Å². The van der Waals surface area contributed by atoms with Crippen LogP contribution in [0.25, 0.3) is 6.08 Å². The topological polar surface area (TPSA) is 69.6 Å². The molecular weight excluding hydrogens is 416 g/mol. The number of phenols is 1. The van der Waals surface area contributed by atoms with Crippen LogP contribution >= 0.6 is 24.0 Å². The molecule has 5 nitrogen and oxygen atoms in total. The molecule has 2 amide bonds. The van der Waals surface area contributed by atoms with Crippen molar-refractivity contribution in [2.24, 2.45) is 5.92 Å². The molecule has 1 unspecified atom stereocenters. The highest BCUT2D eigenvalue weighted by Gasteiger charge is 2.41. The van der Waals surface area contributed by atoms with Crippen LogP contribution in [-0.2, 0) is 16.0 Å². The van der Waals surface area contributed by atoms with Crippen molar-refractivity contribution >= 4 is 46.2 Å². The Morgan fingerprint density at radius 1 is 1.17 bits per heavy atom. The summed E-state index contributed by atoms with van der Waals surface area (Å²) in [6, 6.07) is 15.8. The maximum absolute atomic E-state index is 13.0. The van der Waals surface area contributed by atoms with E-state index in [1.165, 1.54) is 16.7 Å². The van der Waals surface area contributed by atoms with E-state index in [9.17, 15) is 14.7 Å². The van der Waals surface area contributed by atoms with Crippen LogP contribution in [0, 0.1) is 5.92 Å². The molecule has 7 heteroatoms. The van der Waals surface area contributed by atoms with E-state index in [4.69, 9.17) is 12.2 Å². The quantitative estimate of drug-likeness (QED) is 0.504. The summed E-state index contributed by atoms with van der Waals surface area (Å²) >= 11 is 6.68. The van der Waals surface area contributed by atoms with Gasteiger partial charge in [-0.15, -0.1) is 0 Å². The molecular formula is C23H24N2O3S2. The average Bonchev–Trinajstić information content (AvgIpc) is 2.98. The summed E-state index contributed by atoms with van der Waals surface area (Å²) in [6.07, 6.45) is 2.43. The molecule has 0 aromatic heterocycles. The number of nitrogens with zero attached hydrogens (tertiary/aromatic N) is 1. The number of aromatic hydroxyl groups is 1. The number of amides is 2. The number of hydrogen-bond acceptors (Lipinski definition) is 5. The monoisotopic (exact) mass is 440 g/mol. The molecule has 3 rings (SSSR count). The third-order valence-electron chi connectivity index (χ3n) is 4.75. The summed E-state index contributed by atoms with van der Waals surface area (Å²) in [7, 11) is 0. The highest BCUT2D eigenvalue weighted by molar-refractivity contribution is 8.26. The van der Waals surface area contributed by atoms with Gasteiger partial charge in [0.1, 0.15) is 16.1 Å². The van der Waals surface area contributed by atoms with Crippen molar-refractivity contribution in [2.75, 3.05) is 6.54 Å². The number of carbonyl (C=O) groups excluding carboxylic acids is 2. The Labute approximate surface area is 186 Å². The molecule has 30 heavy (non-hydrogen) atoms. The first-order chi connectivity index (χ1) is 14.4. The van der Waals surface area contributed by atoms with Gasteiger partial charge in [0.25, 0.3) is 5.91 Å². The van der Waals surface area contributed by atoms with Crippen molar-refractivity contribution in [1.29, 1.82) is 0 Å². The molecule has 1 aliphatic rings. The number of nitrogens with one attached hydrogen (secondary N) is 1. The molecule has 1 heterocycles. The molecule has 1 fully saturated rings. The lowest BCUT2D eigenvalue weighted by Gasteiger charge is -2.29. The van der Waals surface area contributed by atoms with Crippen LogP contribution in [0.1, 0.15) is 25.0 Å². The molecule has 1 atom stereocenters. The minimum atomic E-state index is -0.668.